The van der Waals surface area contributed by atoms with Gasteiger partial charge in [0.2, 0.25) is 17.8 Å². The Morgan fingerprint density at radius 2 is 1.69 bits per heavy atom. The van der Waals surface area contributed by atoms with Gasteiger partial charge in [-0.2, -0.15) is 15.0 Å². The number of aromatic hydroxyl groups is 1. The summed E-state index contributed by atoms with van der Waals surface area (Å²) < 4.78 is 0. The number of hydrogen-bond acceptors (Lipinski definition) is 12. The summed E-state index contributed by atoms with van der Waals surface area (Å²) in [5, 5.41) is 16.9. The van der Waals surface area contributed by atoms with Gasteiger partial charge in [-0.25, -0.2) is 0 Å². The molecule has 2 heterocycles. The first kappa shape index (κ1) is 28.3. The van der Waals surface area contributed by atoms with Crippen LogP contribution in [-0.2, 0) is 0 Å². The lowest BCUT2D eigenvalue weighted by molar-refractivity contribution is 0.102. The van der Waals surface area contributed by atoms with Crippen LogP contribution in [0, 0.1) is 0 Å². The van der Waals surface area contributed by atoms with E-state index in [2.05, 4.69) is 25.6 Å². The summed E-state index contributed by atoms with van der Waals surface area (Å²) in [5.74, 6) is 0.550. The minimum absolute atomic E-state index is 0.109. The van der Waals surface area contributed by atoms with Gasteiger partial charge in [0.15, 0.2) is 0 Å². The quantitative estimate of drug-likeness (QED) is 0.173. The van der Waals surface area contributed by atoms with E-state index < -0.39 is 0 Å². The zero-order valence-electron chi connectivity index (χ0n) is 21.4. The first-order valence-electron chi connectivity index (χ1n) is 12.6. The number of carbonyl (C=O) groups is 1. The Hall–Kier alpha value is -3.75. The molecule has 2 atom stereocenters. The van der Waals surface area contributed by atoms with Crippen LogP contribution in [0.5, 0.6) is 5.75 Å². The molecule has 1 aliphatic heterocycles. The van der Waals surface area contributed by atoms with Gasteiger partial charge in [-0.05, 0) is 42.8 Å². The number of halogens is 1. The summed E-state index contributed by atoms with van der Waals surface area (Å²) in [6, 6.07) is 10.9. The summed E-state index contributed by atoms with van der Waals surface area (Å²) >= 11 is 5.89. The number of carbonyl (C=O) groups excluding carboxylic acids is 1. The standard InChI is InChI=1S/C25H34ClN11O2/c26-16-3-1-15(2-4-16)22(39)32-20-6-5-19(12-21(20)38)31-23-33-24(36(9-7-27)10-8-28)35-25(34-23)37-13-17(29)11-18(30)14-37/h1-6,12,17-18,38H,7-11,13-14,27-30H2,(H,32,39)(H,31,33,34,35)/t17-,18+. The number of benzene rings is 2. The van der Waals surface area contributed by atoms with Crippen molar-refractivity contribution in [2.75, 3.05) is 59.7 Å². The van der Waals surface area contributed by atoms with Crippen molar-refractivity contribution in [3.05, 3.63) is 53.1 Å². The second-order valence-electron chi connectivity index (χ2n) is 9.30. The largest absolute Gasteiger partial charge is 0.506 e. The Labute approximate surface area is 231 Å². The van der Waals surface area contributed by atoms with Crippen molar-refractivity contribution in [2.45, 2.75) is 18.5 Å². The normalized spacial score (nSPS) is 17.1. The summed E-state index contributed by atoms with van der Waals surface area (Å²) in [7, 11) is 0. The Bertz CT molecular complexity index is 1260. The van der Waals surface area contributed by atoms with Crippen LogP contribution in [0.4, 0.5) is 29.2 Å². The third kappa shape index (κ3) is 7.43. The lowest BCUT2D eigenvalue weighted by atomic mass is 10.0. The van der Waals surface area contributed by atoms with Crippen molar-refractivity contribution in [1.29, 1.82) is 0 Å². The van der Waals surface area contributed by atoms with Crippen LogP contribution < -0.4 is 43.4 Å². The Balaban J connectivity index is 1.58. The second kappa shape index (κ2) is 12.9. The van der Waals surface area contributed by atoms with Crippen LogP contribution in [0.2, 0.25) is 5.02 Å². The van der Waals surface area contributed by atoms with Crippen molar-refractivity contribution in [2.24, 2.45) is 22.9 Å². The van der Waals surface area contributed by atoms with E-state index in [1.807, 2.05) is 9.80 Å². The first-order valence-corrected chi connectivity index (χ1v) is 13.0. The van der Waals surface area contributed by atoms with E-state index >= 15 is 0 Å². The number of nitrogens with one attached hydrogen (secondary N) is 2. The molecule has 39 heavy (non-hydrogen) atoms. The molecule has 0 unspecified atom stereocenters. The van der Waals surface area contributed by atoms with Crippen molar-refractivity contribution in [3.8, 4) is 5.75 Å². The predicted octanol–water partition coefficient (Wildman–Crippen LogP) is 0.815. The summed E-state index contributed by atoms with van der Waals surface area (Å²) in [6.45, 7) is 2.88. The average molecular weight is 556 g/mol. The summed E-state index contributed by atoms with van der Waals surface area (Å²) in [6.07, 6.45) is 0.714. The van der Waals surface area contributed by atoms with Crippen molar-refractivity contribution >= 4 is 46.7 Å². The van der Waals surface area contributed by atoms with Gasteiger partial charge in [-0.15, -0.1) is 0 Å². The number of anilines is 5. The minimum atomic E-state index is -0.382. The molecule has 1 saturated heterocycles. The monoisotopic (exact) mass is 555 g/mol. The van der Waals surface area contributed by atoms with Gasteiger partial charge in [-0.3, -0.25) is 4.79 Å². The van der Waals surface area contributed by atoms with Crippen molar-refractivity contribution in [3.63, 3.8) is 0 Å². The molecule has 4 rings (SSSR count). The predicted molar refractivity (Wildman–Crippen MR) is 154 cm³/mol. The zero-order chi connectivity index (χ0) is 27.9. The van der Waals surface area contributed by atoms with E-state index in [-0.39, 0.29) is 35.4 Å². The molecule has 0 aliphatic carbocycles. The Kier molecular flexibility index (Phi) is 9.32. The molecule has 208 valence electrons. The van der Waals surface area contributed by atoms with Crippen LogP contribution in [0.3, 0.4) is 0 Å². The minimum Gasteiger partial charge on any atom is -0.506 e. The zero-order valence-corrected chi connectivity index (χ0v) is 22.2. The van der Waals surface area contributed by atoms with E-state index in [4.69, 9.17) is 34.5 Å². The number of nitrogens with zero attached hydrogens (tertiary/aromatic N) is 5. The number of hydrogen-bond donors (Lipinski definition) is 7. The van der Waals surface area contributed by atoms with Crippen LogP contribution in [-0.4, -0.2) is 77.3 Å². The molecule has 0 saturated carbocycles. The van der Waals surface area contributed by atoms with E-state index in [0.717, 1.165) is 0 Å². The molecule has 0 radical (unpaired) electrons. The number of aromatic nitrogens is 3. The van der Waals surface area contributed by atoms with Gasteiger partial charge in [-0.1, -0.05) is 11.6 Å². The molecule has 0 spiro atoms. The molecule has 1 amide bonds. The number of phenolic OH excluding ortho intramolecular Hbond substituents is 1. The van der Waals surface area contributed by atoms with Crippen LogP contribution in [0.25, 0.3) is 0 Å². The SMILES string of the molecule is NCCN(CCN)c1nc(Nc2ccc(NC(=O)c3ccc(Cl)cc3)c(O)c2)nc(N2C[C@H](N)C[C@H](N)C2)n1. The molecular weight excluding hydrogens is 522 g/mol. The fourth-order valence-electron chi connectivity index (χ4n) is 4.30. The Morgan fingerprint density at radius 1 is 1.03 bits per heavy atom. The van der Waals surface area contributed by atoms with Crippen molar-refractivity contribution in [1.82, 2.24) is 15.0 Å². The van der Waals surface area contributed by atoms with Crippen LogP contribution in [0.1, 0.15) is 16.8 Å². The smallest absolute Gasteiger partial charge is 0.255 e. The van der Waals surface area contributed by atoms with E-state index in [1.165, 1.54) is 6.07 Å². The van der Waals surface area contributed by atoms with Gasteiger partial charge in [0.05, 0.1) is 5.69 Å². The molecule has 0 bridgehead atoms. The van der Waals surface area contributed by atoms with E-state index in [9.17, 15) is 9.90 Å². The summed E-state index contributed by atoms with van der Waals surface area (Å²) in [5.41, 5.74) is 25.2. The van der Waals surface area contributed by atoms with E-state index in [0.29, 0.717) is 73.9 Å². The van der Waals surface area contributed by atoms with Gasteiger partial charge >= 0.3 is 0 Å². The van der Waals surface area contributed by atoms with Gasteiger partial charge in [0, 0.05) is 73.7 Å². The third-order valence-corrected chi connectivity index (χ3v) is 6.35. The van der Waals surface area contributed by atoms with Crippen molar-refractivity contribution < 1.29 is 9.90 Å². The molecule has 13 nitrogen and oxygen atoms in total. The second-order valence-corrected chi connectivity index (χ2v) is 9.74. The topological polar surface area (TPSA) is 211 Å². The molecule has 2 aromatic carbocycles. The van der Waals surface area contributed by atoms with Crippen LogP contribution >= 0.6 is 11.6 Å². The molecule has 14 heteroatoms. The highest BCUT2D eigenvalue weighted by atomic mass is 35.5. The maximum Gasteiger partial charge on any atom is 0.255 e. The van der Waals surface area contributed by atoms with Crippen LogP contribution in [0.15, 0.2) is 42.5 Å². The number of piperidine rings is 1. The fourth-order valence-corrected chi connectivity index (χ4v) is 4.42. The number of amides is 1. The van der Waals surface area contributed by atoms with Gasteiger partial charge in [0.1, 0.15) is 5.75 Å². The Morgan fingerprint density at radius 3 is 2.31 bits per heavy atom. The highest BCUT2D eigenvalue weighted by Crippen LogP contribution is 2.29. The average Bonchev–Trinajstić information content (AvgIpc) is 2.90. The third-order valence-electron chi connectivity index (χ3n) is 6.10. The lowest BCUT2D eigenvalue weighted by Crippen LogP contribution is -2.53. The number of phenols is 1. The lowest BCUT2D eigenvalue weighted by Gasteiger charge is -2.35. The van der Waals surface area contributed by atoms with E-state index in [1.54, 1.807) is 36.4 Å². The molecular formula is C25H34ClN11O2. The van der Waals surface area contributed by atoms with Gasteiger partial charge < -0.3 is 48.5 Å². The highest BCUT2D eigenvalue weighted by molar-refractivity contribution is 6.30. The molecule has 1 fully saturated rings. The maximum atomic E-state index is 12.5. The summed E-state index contributed by atoms with van der Waals surface area (Å²) in [4.78, 5) is 30.2. The molecule has 1 aromatic heterocycles. The fraction of sp³-hybridized carbons (Fsp3) is 0.360. The molecule has 3 aromatic rings. The highest BCUT2D eigenvalue weighted by Gasteiger charge is 2.26. The van der Waals surface area contributed by atoms with Gasteiger partial charge in [0.25, 0.3) is 5.91 Å². The number of rotatable bonds is 10. The first-order chi connectivity index (χ1) is 18.7. The molecule has 1 aliphatic rings. The molecule has 11 N–H and O–H groups in total. The number of nitrogens with two attached hydrogens (primary N) is 4. The maximum absolute atomic E-state index is 12.5.